The first kappa shape index (κ1) is 14.0. The second-order valence-electron chi connectivity index (χ2n) is 5.34. The van der Waals surface area contributed by atoms with Crippen molar-refractivity contribution in [2.75, 3.05) is 0 Å². The van der Waals surface area contributed by atoms with E-state index in [0.717, 1.165) is 22.6 Å². The monoisotopic (exact) mass is 290 g/mol. The van der Waals surface area contributed by atoms with E-state index in [-0.39, 0.29) is 0 Å². The third-order valence-corrected chi connectivity index (χ3v) is 3.91. The van der Waals surface area contributed by atoms with E-state index in [0.29, 0.717) is 5.69 Å². The Bertz CT molecular complexity index is 884. The number of hydrogen-bond acceptors (Lipinski definition) is 0. The highest BCUT2D eigenvalue weighted by Gasteiger charge is 2.20. The van der Waals surface area contributed by atoms with Crippen LogP contribution >= 0.6 is 0 Å². The number of pyridine rings is 1. The van der Waals surface area contributed by atoms with E-state index in [1.54, 1.807) is 0 Å². The molecule has 0 amide bonds. The van der Waals surface area contributed by atoms with Crippen LogP contribution in [0.5, 0.6) is 0 Å². The molecule has 0 atom stereocenters. The summed E-state index contributed by atoms with van der Waals surface area (Å²) in [4.78, 5) is 3.64. The van der Waals surface area contributed by atoms with E-state index in [1.165, 1.54) is 0 Å². The minimum atomic E-state index is 0.639. The van der Waals surface area contributed by atoms with Gasteiger partial charge in [0.15, 0.2) is 30.8 Å². The van der Waals surface area contributed by atoms with Crippen LogP contribution in [0.1, 0.15) is 11.3 Å². The van der Waals surface area contributed by atoms with Gasteiger partial charge in [0, 0.05) is 36.8 Å². The fourth-order valence-corrected chi connectivity index (χ4v) is 2.69. The Morgan fingerprint density at radius 1 is 1.09 bits per heavy atom. The molecule has 22 heavy (non-hydrogen) atoms. The molecule has 2 heterocycles. The number of hydrogen-bond donors (Lipinski definition) is 0. The topological polar surface area (TPSA) is 17.0 Å². The fourth-order valence-electron chi connectivity index (χ4n) is 2.69. The third kappa shape index (κ3) is 2.27. The van der Waals surface area contributed by atoms with Gasteiger partial charge in [0.05, 0.1) is 12.8 Å². The van der Waals surface area contributed by atoms with E-state index in [4.69, 9.17) is 6.57 Å². The number of rotatable bonds is 2. The number of benzene rings is 1. The summed E-state index contributed by atoms with van der Waals surface area (Å²) in [6, 6.07) is 12.0. The lowest BCUT2D eigenvalue weighted by atomic mass is 10.1. The molecule has 0 saturated heterocycles. The minimum Gasteiger partial charge on any atom is -0.238 e. The summed E-state index contributed by atoms with van der Waals surface area (Å²) >= 11 is 0. The van der Waals surface area contributed by atoms with Gasteiger partial charge in [-0.3, -0.25) is 0 Å². The van der Waals surface area contributed by atoms with Gasteiger partial charge in [-0.15, -0.1) is 9.36 Å². The van der Waals surface area contributed by atoms with E-state index in [2.05, 4.69) is 29.3 Å². The van der Waals surface area contributed by atoms with Crippen LogP contribution in [-0.4, -0.2) is 4.68 Å². The Morgan fingerprint density at radius 2 is 1.91 bits per heavy atom. The smallest absolute Gasteiger partial charge is 0.205 e. The third-order valence-electron chi connectivity index (χ3n) is 3.91. The second kappa shape index (κ2) is 5.45. The lowest BCUT2D eigenvalue weighted by molar-refractivity contribution is -0.744. The SMILES string of the molecule is [C-]#[N+]c1cc(-n2ccc[n+]2C)c(C)c(-[n+]2ccccc2C)c1. The van der Waals surface area contributed by atoms with Crippen LogP contribution in [0.3, 0.4) is 0 Å². The van der Waals surface area contributed by atoms with Gasteiger partial charge in [-0.2, -0.15) is 4.57 Å². The van der Waals surface area contributed by atoms with Gasteiger partial charge in [0.25, 0.3) is 0 Å². The maximum atomic E-state index is 7.40. The number of aryl methyl sites for hydroxylation is 2. The summed E-state index contributed by atoms with van der Waals surface area (Å²) in [7, 11) is 1.99. The Labute approximate surface area is 130 Å². The summed E-state index contributed by atoms with van der Waals surface area (Å²) in [5, 5.41) is 0. The molecule has 0 unspecified atom stereocenters. The van der Waals surface area contributed by atoms with Crippen LogP contribution in [0.15, 0.2) is 55.0 Å². The molecular formula is C18H18N4+2. The minimum absolute atomic E-state index is 0.639. The van der Waals surface area contributed by atoms with E-state index >= 15 is 0 Å². The highest BCUT2D eigenvalue weighted by molar-refractivity contribution is 5.61. The molecule has 0 spiro atoms. The van der Waals surface area contributed by atoms with Crippen LogP contribution in [0.4, 0.5) is 5.69 Å². The largest absolute Gasteiger partial charge is 0.238 e. The Balaban J connectivity index is 2.31. The summed E-state index contributed by atoms with van der Waals surface area (Å²) < 4.78 is 6.17. The van der Waals surface area contributed by atoms with Gasteiger partial charge in [-0.25, -0.2) is 4.85 Å². The van der Waals surface area contributed by atoms with Crippen LogP contribution < -0.4 is 9.25 Å². The maximum absolute atomic E-state index is 7.40. The van der Waals surface area contributed by atoms with Crippen molar-refractivity contribution < 1.29 is 9.25 Å². The van der Waals surface area contributed by atoms with E-state index in [1.807, 2.05) is 65.3 Å². The summed E-state index contributed by atoms with van der Waals surface area (Å²) in [6.07, 6.45) is 6.03. The summed E-state index contributed by atoms with van der Waals surface area (Å²) in [6.45, 7) is 11.6. The predicted molar refractivity (Wildman–Crippen MR) is 84.2 cm³/mol. The van der Waals surface area contributed by atoms with Gasteiger partial charge in [0.2, 0.25) is 5.69 Å². The lowest BCUT2D eigenvalue weighted by Gasteiger charge is -2.09. The average molecular weight is 290 g/mol. The molecule has 0 radical (unpaired) electrons. The molecule has 4 nitrogen and oxygen atoms in total. The molecule has 3 aromatic rings. The zero-order valence-electron chi connectivity index (χ0n) is 13.0. The normalized spacial score (nSPS) is 10.5. The summed E-state index contributed by atoms with van der Waals surface area (Å²) in [5.41, 5.74) is 4.97. The molecule has 1 aromatic carbocycles. The van der Waals surface area contributed by atoms with Crippen molar-refractivity contribution in [2.45, 2.75) is 13.8 Å². The zero-order valence-corrected chi connectivity index (χ0v) is 13.0. The van der Waals surface area contributed by atoms with Gasteiger partial charge in [-0.05, 0) is 13.0 Å². The van der Waals surface area contributed by atoms with Crippen LogP contribution in [0, 0.1) is 20.4 Å². The van der Waals surface area contributed by atoms with Crippen molar-refractivity contribution in [1.29, 1.82) is 0 Å². The molecular weight excluding hydrogens is 272 g/mol. The standard InChI is InChI=1S/C18H18N4/c1-14-8-5-6-10-21(14)17-12-16(19-3)13-18(15(17)2)22-11-7-9-20(22)4/h5-13H,1-2,4H3/q+2. The second-order valence-corrected chi connectivity index (χ2v) is 5.34. The fraction of sp³-hybridized carbons (Fsp3) is 0.167. The van der Waals surface area contributed by atoms with E-state index in [9.17, 15) is 0 Å². The molecule has 0 aliphatic heterocycles. The first-order valence-electron chi connectivity index (χ1n) is 7.15. The number of nitrogens with zero attached hydrogens (tertiary/aromatic N) is 4. The Kier molecular flexibility index (Phi) is 3.48. The highest BCUT2D eigenvalue weighted by Crippen LogP contribution is 2.25. The van der Waals surface area contributed by atoms with Crippen molar-refractivity contribution >= 4 is 5.69 Å². The van der Waals surface area contributed by atoms with Crippen molar-refractivity contribution in [3.63, 3.8) is 0 Å². The molecule has 0 saturated carbocycles. The molecule has 0 aliphatic rings. The highest BCUT2D eigenvalue weighted by atomic mass is 15.4. The molecule has 4 heteroatoms. The zero-order chi connectivity index (χ0) is 15.7. The van der Waals surface area contributed by atoms with Gasteiger partial charge < -0.3 is 0 Å². The molecule has 0 fully saturated rings. The van der Waals surface area contributed by atoms with Gasteiger partial charge in [-0.1, -0.05) is 6.07 Å². The van der Waals surface area contributed by atoms with Crippen LogP contribution in [0.25, 0.3) is 16.2 Å². The number of aromatic nitrogens is 3. The Morgan fingerprint density at radius 3 is 2.55 bits per heavy atom. The van der Waals surface area contributed by atoms with Crippen molar-refractivity contribution in [3.05, 3.63) is 77.7 Å². The quantitative estimate of drug-likeness (QED) is 0.510. The lowest BCUT2D eigenvalue weighted by Crippen LogP contribution is -2.38. The molecule has 0 N–H and O–H groups in total. The maximum Gasteiger partial charge on any atom is 0.205 e. The first-order valence-corrected chi connectivity index (χ1v) is 7.15. The van der Waals surface area contributed by atoms with Crippen LogP contribution in [-0.2, 0) is 7.05 Å². The average Bonchev–Trinajstić information content (AvgIpc) is 2.94. The molecule has 0 bridgehead atoms. The van der Waals surface area contributed by atoms with Crippen LogP contribution in [0.2, 0.25) is 0 Å². The van der Waals surface area contributed by atoms with Crippen molar-refractivity contribution in [1.82, 2.24) is 4.68 Å². The van der Waals surface area contributed by atoms with Gasteiger partial charge >= 0.3 is 0 Å². The predicted octanol–water partition coefficient (Wildman–Crippen LogP) is 2.75. The Hall–Kier alpha value is -2.93. The molecule has 108 valence electrons. The molecule has 0 aliphatic carbocycles. The summed E-state index contributed by atoms with van der Waals surface area (Å²) in [5.74, 6) is 0. The van der Waals surface area contributed by atoms with E-state index < -0.39 is 0 Å². The first-order chi connectivity index (χ1) is 10.6. The van der Waals surface area contributed by atoms with Crippen molar-refractivity contribution in [2.24, 2.45) is 7.05 Å². The molecule has 2 aromatic heterocycles. The van der Waals surface area contributed by atoms with Crippen molar-refractivity contribution in [3.8, 4) is 11.4 Å². The molecule has 3 rings (SSSR count). The van der Waals surface area contributed by atoms with Gasteiger partial charge in [0.1, 0.15) is 5.69 Å².